The molecule has 0 amide bonds. The highest BCUT2D eigenvalue weighted by Gasteiger charge is 2.33. The summed E-state index contributed by atoms with van der Waals surface area (Å²) in [6.45, 7) is 7.73. The van der Waals surface area contributed by atoms with E-state index in [1.807, 2.05) is 20.8 Å². The highest BCUT2D eigenvalue weighted by molar-refractivity contribution is 5.84. The van der Waals surface area contributed by atoms with Gasteiger partial charge in [0.1, 0.15) is 22.7 Å². The highest BCUT2D eigenvalue weighted by Crippen LogP contribution is 2.35. The Bertz CT molecular complexity index is 1140. The number of rotatable bonds is 7. The summed E-state index contributed by atoms with van der Waals surface area (Å²) < 4.78 is 54.7. The number of hydrogen-bond donors (Lipinski definition) is 0. The van der Waals surface area contributed by atoms with Gasteiger partial charge in [0, 0.05) is 17.0 Å². The molecule has 0 radical (unpaired) electrons. The molecule has 0 aliphatic rings. The van der Waals surface area contributed by atoms with Gasteiger partial charge >= 0.3 is 12.0 Å². The lowest BCUT2D eigenvalue weighted by Crippen LogP contribution is -2.22. The number of alkyl halides is 3. The Labute approximate surface area is 185 Å². The molecule has 0 aliphatic heterocycles. The summed E-state index contributed by atoms with van der Waals surface area (Å²) in [6.07, 6.45) is -1.41. The minimum absolute atomic E-state index is 0.00125. The largest absolute Gasteiger partial charge is 0.573 e. The quantitative estimate of drug-likeness (QED) is 0.282. The Balaban J connectivity index is 2.04. The van der Waals surface area contributed by atoms with E-state index in [2.05, 4.69) is 11.7 Å². The summed E-state index contributed by atoms with van der Waals surface area (Å²) in [5.41, 5.74) is -0.147. The van der Waals surface area contributed by atoms with E-state index in [1.54, 1.807) is 24.3 Å². The molecular formula is C25H27F3O4. The zero-order valence-corrected chi connectivity index (χ0v) is 18.6. The minimum Gasteiger partial charge on any atom is -0.488 e. The van der Waals surface area contributed by atoms with Crippen molar-refractivity contribution in [1.82, 2.24) is 0 Å². The van der Waals surface area contributed by atoms with Crippen LogP contribution in [0.2, 0.25) is 0 Å². The molecule has 2 aromatic carbocycles. The lowest BCUT2D eigenvalue weighted by molar-refractivity contribution is -0.274. The van der Waals surface area contributed by atoms with E-state index in [9.17, 15) is 18.0 Å². The van der Waals surface area contributed by atoms with Gasteiger partial charge in [-0.1, -0.05) is 31.9 Å². The summed E-state index contributed by atoms with van der Waals surface area (Å²) in [6, 6.07) is 11.1. The van der Waals surface area contributed by atoms with Crippen molar-refractivity contribution in [3.8, 4) is 22.6 Å². The predicted octanol–water partition coefficient (Wildman–Crippen LogP) is 7.27. The molecule has 172 valence electrons. The molecule has 3 aromatic rings. The van der Waals surface area contributed by atoms with E-state index < -0.39 is 23.3 Å². The van der Waals surface area contributed by atoms with Crippen LogP contribution >= 0.6 is 0 Å². The smallest absolute Gasteiger partial charge is 0.488 e. The molecule has 0 fully saturated rings. The Morgan fingerprint density at radius 1 is 0.906 bits per heavy atom. The molecule has 1 heterocycles. The average Bonchev–Trinajstić information content (AvgIpc) is 2.66. The second-order valence-electron chi connectivity index (χ2n) is 8.70. The van der Waals surface area contributed by atoms with Crippen LogP contribution in [0.4, 0.5) is 13.2 Å². The first kappa shape index (κ1) is 23.7. The summed E-state index contributed by atoms with van der Waals surface area (Å²) in [5.74, 6) is 0.115. The number of ether oxygens (including phenoxy) is 2. The van der Waals surface area contributed by atoms with Crippen LogP contribution in [-0.2, 0) is 6.42 Å². The van der Waals surface area contributed by atoms with Crippen molar-refractivity contribution in [2.75, 3.05) is 0 Å². The fraction of sp³-hybridized carbons (Fsp3) is 0.400. The summed E-state index contributed by atoms with van der Waals surface area (Å²) >= 11 is 0. The average molecular weight is 448 g/mol. The Morgan fingerprint density at radius 2 is 1.66 bits per heavy atom. The molecule has 0 unspecified atom stereocenters. The lowest BCUT2D eigenvalue weighted by atomic mass is 10.00. The van der Waals surface area contributed by atoms with E-state index in [0.29, 0.717) is 17.6 Å². The van der Waals surface area contributed by atoms with Gasteiger partial charge in [-0.15, -0.1) is 13.2 Å². The molecule has 0 saturated heterocycles. The van der Waals surface area contributed by atoms with Crippen molar-refractivity contribution in [2.45, 2.75) is 65.3 Å². The van der Waals surface area contributed by atoms with Gasteiger partial charge in [-0.3, -0.25) is 0 Å². The van der Waals surface area contributed by atoms with Crippen molar-refractivity contribution in [3.05, 3.63) is 58.4 Å². The summed E-state index contributed by atoms with van der Waals surface area (Å²) in [7, 11) is 0. The van der Waals surface area contributed by atoms with E-state index in [4.69, 9.17) is 9.15 Å². The minimum atomic E-state index is -4.88. The van der Waals surface area contributed by atoms with Crippen LogP contribution in [0.1, 0.15) is 52.5 Å². The summed E-state index contributed by atoms with van der Waals surface area (Å²) in [5, 5.41) is 0.561. The fourth-order valence-electron chi connectivity index (χ4n) is 3.43. The highest BCUT2D eigenvalue weighted by atomic mass is 19.4. The van der Waals surface area contributed by atoms with Crippen LogP contribution < -0.4 is 15.1 Å². The maximum Gasteiger partial charge on any atom is 0.573 e. The standard InChI is InChI=1S/C25H27F3O4/c1-5-6-7-8-16-9-12-19(22(13-16)32-25(26,27)28)20-14-17-10-11-18(31-24(2,3)4)15-21(17)30-23(20)29/h9-15H,5-8H2,1-4H3. The van der Waals surface area contributed by atoms with E-state index in [-0.39, 0.29) is 16.7 Å². The van der Waals surface area contributed by atoms with Crippen LogP contribution in [0.25, 0.3) is 22.1 Å². The lowest BCUT2D eigenvalue weighted by Gasteiger charge is -2.21. The molecule has 0 N–H and O–H groups in total. The first-order valence-electron chi connectivity index (χ1n) is 10.6. The van der Waals surface area contributed by atoms with Gasteiger partial charge in [0.2, 0.25) is 0 Å². The molecule has 3 rings (SSSR count). The third kappa shape index (κ3) is 6.28. The Kier molecular flexibility index (Phi) is 6.86. The van der Waals surface area contributed by atoms with Gasteiger partial charge in [0.05, 0.1) is 5.56 Å². The molecular weight excluding hydrogens is 421 g/mol. The monoisotopic (exact) mass is 448 g/mol. The zero-order chi connectivity index (χ0) is 23.5. The van der Waals surface area contributed by atoms with Gasteiger partial charge in [0.25, 0.3) is 0 Å². The predicted molar refractivity (Wildman–Crippen MR) is 118 cm³/mol. The normalized spacial score (nSPS) is 12.2. The first-order chi connectivity index (χ1) is 14.9. The number of hydrogen-bond acceptors (Lipinski definition) is 4. The second-order valence-corrected chi connectivity index (χ2v) is 8.70. The molecule has 0 spiro atoms. The van der Waals surface area contributed by atoms with Crippen molar-refractivity contribution in [2.24, 2.45) is 0 Å². The van der Waals surface area contributed by atoms with Crippen LogP contribution in [0.3, 0.4) is 0 Å². The first-order valence-corrected chi connectivity index (χ1v) is 10.6. The van der Waals surface area contributed by atoms with E-state index in [0.717, 1.165) is 24.8 Å². The molecule has 1 aromatic heterocycles. The Hall–Kier alpha value is -2.96. The van der Waals surface area contributed by atoms with E-state index in [1.165, 1.54) is 18.2 Å². The SMILES string of the molecule is CCCCCc1ccc(-c2cc3ccc(OC(C)(C)C)cc3oc2=O)c(OC(F)(F)F)c1. The number of benzene rings is 2. The van der Waals surface area contributed by atoms with E-state index >= 15 is 0 Å². The molecule has 7 heteroatoms. The van der Waals surface area contributed by atoms with Crippen LogP contribution in [0.15, 0.2) is 51.7 Å². The van der Waals surface area contributed by atoms with Crippen molar-refractivity contribution < 1.29 is 27.1 Å². The molecule has 4 nitrogen and oxygen atoms in total. The van der Waals surface area contributed by atoms with Gasteiger partial charge in [-0.2, -0.15) is 0 Å². The van der Waals surface area contributed by atoms with Crippen LogP contribution in [0.5, 0.6) is 11.5 Å². The Morgan fingerprint density at radius 3 is 2.31 bits per heavy atom. The number of unbranched alkanes of at least 4 members (excludes halogenated alkanes) is 2. The summed E-state index contributed by atoms with van der Waals surface area (Å²) in [4.78, 5) is 12.7. The number of aryl methyl sites for hydroxylation is 1. The second kappa shape index (κ2) is 9.27. The van der Waals surface area contributed by atoms with Crippen molar-refractivity contribution >= 4 is 11.0 Å². The van der Waals surface area contributed by atoms with Crippen LogP contribution in [0, 0.1) is 0 Å². The van der Waals surface area contributed by atoms with Gasteiger partial charge in [-0.25, -0.2) is 4.79 Å². The van der Waals surface area contributed by atoms with Crippen LogP contribution in [-0.4, -0.2) is 12.0 Å². The van der Waals surface area contributed by atoms with Gasteiger partial charge in [0.15, 0.2) is 0 Å². The molecule has 32 heavy (non-hydrogen) atoms. The topological polar surface area (TPSA) is 48.7 Å². The molecule has 0 bridgehead atoms. The maximum absolute atomic E-state index is 13.1. The maximum atomic E-state index is 13.1. The molecule has 0 atom stereocenters. The third-order valence-electron chi connectivity index (χ3n) is 4.76. The third-order valence-corrected chi connectivity index (χ3v) is 4.76. The fourth-order valence-corrected chi connectivity index (χ4v) is 3.43. The zero-order valence-electron chi connectivity index (χ0n) is 18.6. The number of halogens is 3. The van der Waals surface area contributed by atoms with Gasteiger partial charge < -0.3 is 13.9 Å². The number of fused-ring (bicyclic) bond motifs is 1. The van der Waals surface area contributed by atoms with Gasteiger partial charge in [-0.05, 0) is 63.4 Å². The van der Waals surface area contributed by atoms with Crippen molar-refractivity contribution in [3.63, 3.8) is 0 Å². The van der Waals surface area contributed by atoms with Crippen molar-refractivity contribution in [1.29, 1.82) is 0 Å². The molecule has 0 aliphatic carbocycles. The molecule has 0 saturated carbocycles.